The van der Waals surface area contributed by atoms with Gasteiger partial charge in [0.25, 0.3) is 0 Å². The minimum absolute atomic E-state index is 0.0148. The van der Waals surface area contributed by atoms with Crippen LogP contribution in [0.2, 0.25) is 0 Å². The van der Waals surface area contributed by atoms with E-state index in [4.69, 9.17) is 11.5 Å². The van der Waals surface area contributed by atoms with E-state index in [0.29, 0.717) is 44.7 Å². The molecule has 196 valence electrons. The summed E-state index contributed by atoms with van der Waals surface area (Å²) in [6.07, 6.45) is 3.39. The Morgan fingerprint density at radius 2 is 2.03 bits per heavy atom. The first-order valence-electron chi connectivity index (χ1n) is 12.3. The SMILES string of the molecule is CC1(C)CNc2c(cccc2S(=O)(=O)N[C@@H](CCCN=C(N)N)C(=O)N2CCC(CCF)CC2)C1. The summed E-state index contributed by atoms with van der Waals surface area (Å²) in [7, 11) is -3.99. The molecule has 35 heavy (non-hydrogen) atoms. The number of piperidine rings is 1. The zero-order valence-corrected chi connectivity index (χ0v) is 21.5. The van der Waals surface area contributed by atoms with Gasteiger partial charge in [-0.15, -0.1) is 0 Å². The van der Waals surface area contributed by atoms with Crippen molar-refractivity contribution in [2.24, 2.45) is 27.8 Å². The van der Waals surface area contributed by atoms with Gasteiger partial charge in [-0.1, -0.05) is 26.0 Å². The van der Waals surface area contributed by atoms with Crippen molar-refractivity contribution in [2.75, 3.05) is 38.2 Å². The standard InChI is InChI=1S/C24H39FN6O3S/c1-24(2)15-18-5-3-7-20(21(18)29-16-24)35(33,34)30-19(6-4-12-28-23(26)27)22(32)31-13-9-17(8-11-25)10-14-31/h3,5,7,17,19,29-30H,4,6,8-16H2,1-2H3,(H4,26,27,28)/t19-/m0/s1. The predicted octanol–water partition coefficient (Wildman–Crippen LogP) is 1.98. The molecule has 2 aliphatic heterocycles. The summed E-state index contributed by atoms with van der Waals surface area (Å²) in [5, 5.41) is 3.28. The van der Waals surface area contributed by atoms with Crippen molar-refractivity contribution in [1.29, 1.82) is 0 Å². The number of hydrogen-bond donors (Lipinski definition) is 4. The summed E-state index contributed by atoms with van der Waals surface area (Å²) in [5.74, 6) is -0.0589. The first kappa shape index (κ1) is 27.2. The molecule has 0 aromatic heterocycles. The molecule has 1 fully saturated rings. The van der Waals surface area contributed by atoms with Crippen molar-refractivity contribution in [3.05, 3.63) is 23.8 Å². The number of fused-ring (bicyclic) bond motifs is 1. The van der Waals surface area contributed by atoms with E-state index in [9.17, 15) is 17.6 Å². The van der Waals surface area contributed by atoms with Crippen molar-refractivity contribution in [3.8, 4) is 0 Å². The van der Waals surface area contributed by atoms with Crippen molar-refractivity contribution in [1.82, 2.24) is 9.62 Å². The van der Waals surface area contributed by atoms with E-state index in [-0.39, 0.29) is 41.2 Å². The molecule has 0 radical (unpaired) electrons. The van der Waals surface area contributed by atoms with Gasteiger partial charge >= 0.3 is 0 Å². The van der Waals surface area contributed by atoms with Gasteiger partial charge in [0.15, 0.2) is 5.96 Å². The molecular weight excluding hydrogens is 471 g/mol. The van der Waals surface area contributed by atoms with E-state index in [1.807, 2.05) is 6.07 Å². The number of para-hydroxylation sites is 1. The van der Waals surface area contributed by atoms with Crippen LogP contribution >= 0.6 is 0 Å². The number of carbonyl (C=O) groups excluding carboxylic acids is 1. The third-order valence-electron chi connectivity index (χ3n) is 6.80. The summed E-state index contributed by atoms with van der Waals surface area (Å²) in [4.78, 5) is 19.2. The fourth-order valence-corrected chi connectivity index (χ4v) is 6.31. The van der Waals surface area contributed by atoms with Crippen LogP contribution in [0.1, 0.15) is 51.5 Å². The summed E-state index contributed by atoms with van der Waals surface area (Å²) in [5.41, 5.74) is 12.3. The van der Waals surface area contributed by atoms with Crippen LogP contribution in [-0.2, 0) is 21.2 Å². The van der Waals surface area contributed by atoms with Crippen LogP contribution in [0.3, 0.4) is 0 Å². The van der Waals surface area contributed by atoms with Crippen molar-refractivity contribution in [2.45, 2.75) is 63.3 Å². The molecule has 0 saturated carbocycles. The number of anilines is 1. The highest BCUT2D eigenvalue weighted by molar-refractivity contribution is 7.89. The van der Waals surface area contributed by atoms with E-state index in [1.54, 1.807) is 17.0 Å². The number of likely N-dealkylation sites (tertiary alicyclic amines) is 1. The molecule has 6 N–H and O–H groups in total. The van der Waals surface area contributed by atoms with Crippen LogP contribution in [-0.4, -0.2) is 64.1 Å². The van der Waals surface area contributed by atoms with E-state index in [1.165, 1.54) is 0 Å². The number of nitrogens with one attached hydrogen (secondary N) is 2. The van der Waals surface area contributed by atoms with Gasteiger partial charge in [-0.25, -0.2) is 8.42 Å². The molecule has 2 heterocycles. The van der Waals surface area contributed by atoms with Gasteiger partial charge < -0.3 is 21.7 Å². The number of alkyl halides is 1. The fraction of sp³-hybridized carbons (Fsp3) is 0.667. The number of aliphatic imine (C=N–C) groups is 1. The van der Waals surface area contributed by atoms with Gasteiger partial charge in [0.05, 0.1) is 12.4 Å². The minimum Gasteiger partial charge on any atom is -0.383 e. The largest absolute Gasteiger partial charge is 0.383 e. The average molecular weight is 511 g/mol. The maximum Gasteiger partial charge on any atom is 0.243 e. The highest BCUT2D eigenvalue weighted by Gasteiger charge is 2.34. The highest BCUT2D eigenvalue weighted by atomic mass is 32.2. The van der Waals surface area contributed by atoms with Crippen molar-refractivity contribution in [3.63, 3.8) is 0 Å². The molecule has 1 amide bonds. The lowest BCUT2D eigenvalue weighted by Crippen LogP contribution is -2.50. The molecule has 0 spiro atoms. The Morgan fingerprint density at radius 1 is 1.31 bits per heavy atom. The van der Waals surface area contributed by atoms with E-state index < -0.39 is 16.1 Å². The van der Waals surface area contributed by atoms with Crippen LogP contribution < -0.4 is 21.5 Å². The Kier molecular flexibility index (Phi) is 8.98. The Morgan fingerprint density at radius 3 is 2.69 bits per heavy atom. The van der Waals surface area contributed by atoms with Crippen LogP contribution in [0.5, 0.6) is 0 Å². The second-order valence-electron chi connectivity index (χ2n) is 10.4. The smallest absolute Gasteiger partial charge is 0.243 e. The summed E-state index contributed by atoms with van der Waals surface area (Å²) >= 11 is 0. The average Bonchev–Trinajstić information content (AvgIpc) is 2.80. The summed E-state index contributed by atoms with van der Waals surface area (Å²) in [6, 6.07) is 4.29. The Balaban J connectivity index is 1.79. The third kappa shape index (κ3) is 7.30. The minimum atomic E-state index is -3.99. The lowest BCUT2D eigenvalue weighted by atomic mass is 9.82. The summed E-state index contributed by atoms with van der Waals surface area (Å²) in [6.45, 7) is 5.83. The normalized spacial score (nSPS) is 18.9. The number of carbonyl (C=O) groups is 1. The van der Waals surface area contributed by atoms with Crippen molar-refractivity contribution < 1.29 is 17.6 Å². The number of benzene rings is 1. The van der Waals surface area contributed by atoms with Crippen LogP contribution in [0, 0.1) is 11.3 Å². The molecule has 0 unspecified atom stereocenters. The molecule has 0 aliphatic carbocycles. The van der Waals surface area contributed by atoms with Gasteiger partial charge in [-0.05, 0) is 61.5 Å². The maximum atomic E-state index is 13.5. The predicted molar refractivity (Wildman–Crippen MR) is 136 cm³/mol. The van der Waals surface area contributed by atoms with Crippen LogP contribution in [0.25, 0.3) is 0 Å². The lowest BCUT2D eigenvalue weighted by molar-refractivity contribution is -0.134. The zero-order chi connectivity index (χ0) is 25.6. The van der Waals surface area contributed by atoms with Crippen LogP contribution in [0.4, 0.5) is 10.1 Å². The maximum absolute atomic E-state index is 13.5. The second-order valence-corrected chi connectivity index (χ2v) is 12.0. The highest BCUT2D eigenvalue weighted by Crippen LogP contribution is 2.36. The molecular formula is C24H39FN6O3S. The van der Waals surface area contributed by atoms with E-state index in [2.05, 4.69) is 28.9 Å². The molecule has 11 heteroatoms. The number of halogens is 1. The molecule has 2 aliphatic rings. The Bertz CT molecular complexity index is 1020. The van der Waals surface area contributed by atoms with Gasteiger partial charge in [0.1, 0.15) is 10.9 Å². The molecule has 1 saturated heterocycles. The first-order chi connectivity index (χ1) is 16.5. The van der Waals surface area contributed by atoms with Gasteiger partial charge in [0.2, 0.25) is 15.9 Å². The van der Waals surface area contributed by atoms with Crippen LogP contribution in [0.15, 0.2) is 28.1 Å². The number of nitrogens with zero attached hydrogens (tertiary/aromatic N) is 2. The Labute approximate surface area is 208 Å². The molecule has 0 bridgehead atoms. The zero-order valence-electron chi connectivity index (χ0n) is 20.7. The molecule has 1 aromatic carbocycles. The lowest BCUT2D eigenvalue weighted by Gasteiger charge is -2.35. The van der Waals surface area contributed by atoms with Gasteiger partial charge in [-0.2, -0.15) is 4.72 Å². The van der Waals surface area contributed by atoms with E-state index in [0.717, 1.165) is 24.8 Å². The molecule has 1 aromatic rings. The quantitative estimate of drug-likeness (QED) is 0.215. The first-order valence-corrected chi connectivity index (χ1v) is 13.8. The fourth-order valence-electron chi connectivity index (χ4n) is 4.86. The topological polar surface area (TPSA) is 143 Å². The number of hydrogen-bond acceptors (Lipinski definition) is 5. The third-order valence-corrected chi connectivity index (χ3v) is 8.31. The summed E-state index contributed by atoms with van der Waals surface area (Å²) < 4.78 is 42.4. The van der Waals surface area contributed by atoms with Gasteiger partial charge in [0, 0.05) is 26.2 Å². The van der Waals surface area contributed by atoms with E-state index >= 15 is 0 Å². The molecule has 1 atom stereocenters. The van der Waals surface area contributed by atoms with Crippen molar-refractivity contribution >= 4 is 27.6 Å². The number of rotatable bonds is 10. The Hall–Kier alpha value is -2.40. The number of sulfonamides is 1. The molecule has 9 nitrogen and oxygen atoms in total. The molecule has 3 rings (SSSR count). The monoisotopic (exact) mass is 510 g/mol. The number of nitrogens with two attached hydrogens (primary N) is 2. The van der Waals surface area contributed by atoms with Gasteiger partial charge in [-0.3, -0.25) is 14.2 Å². The second kappa shape index (κ2) is 11.6. The number of amides is 1. The number of guanidine groups is 1.